The zero-order valence-corrected chi connectivity index (χ0v) is 12.1. The number of hydrogen-bond acceptors (Lipinski definition) is 4. The van der Waals surface area contributed by atoms with E-state index in [1.165, 1.54) is 0 Å². The van der Waals surface area contributed by atoms with Crippen molar-refractivity contribution in [2.45, 2.75) is 26.2 Å². The summed E-state index contributed by atoms with van der Waals surface area (Å²) in [5.74, 6) is 1.31. The van der Waals surface area contributed by atoms with Crippen LogP contribution in [0.1, 0.15) is 26.3 Å². The molecule has 3 aromatic rings. The van der Waals surface area contributed by atoms with Gasteiger partial charge in [-0.15, -0.1) is 0 Å². The third-order valence-corrected chi connectivity index (χ3v) is 4.10. The summed E-state index contributed by atoms with van der Waals surface area (Å²) in [6.45, 7) is 6.30. The van der Waals surface area contributed by atoms with Crippen LogP contribution in [0.5, 0.6) is 11.5 Å². The monoisotopic (exact) mass is 282 g/mol. The molecule has 21 heavy (non-hydrogen) atoms. The first-order chi connectivity index (χ1) is 9.88. The molecule has 0 aromatic heterocycles. The van der Waals surface area contributed by atoms with E-state index < -0.39 is 5.43 Å². The minimum absolute atomic E-state index is 0.187. The number of rotatable bonds is 0. The van der Waals surface area contributed by atoms with E-state index in [0.717, 1.165) is 16.3 Å². The Hall–Kier alpha value is -2.36. The van der Waals surface area contributed by atoms with Crippen LogP contribution >= 0.6 is 0 Å². The van der Waals surface area contributed by atoms with Gasteiger partial charge in [0.05, 0.1) is 0 Å². The van der Waals surface area contributed by atoms with Gasteiger partial charge in [-0.2, -0.15) is 0 Å². The standard InChI is InChI=1S/C17H14O4/c1-17(2,3)10-4-8-5-11-12(21-7-20-11)6-9(8)13-14(10)16(19)15(13)18/h4-6H,7H2,1-3H3. The molecule has 4 nitrogen and oxygen atoms in total. The van der Waals surface area contributed by atoms with Crippen LogP contribution < -0.4 is 20.3 Å². The Labute approximate surface area is 120 Å². The van der Waals surface area contributed by atoms with Crippen molar-refractivity contribution in [1.82, 2.24) is 0 Å². The molecule has 106 valence electrons. The average Bonchev–Trinajstić information content (AvgIpc) is 2.87. The van der Waals surface area contributed by atoms with E-state index in [0.29, 0.717) is 22.3 Å². The molecule has 1 aliphatic rings. The van der Waals surface area contributed by atoms with Crippen LogP contribution in [0, 0.1) is 0 Å². The summed E-state index contributed by atoms with van der Waals surface area (Å²) in [6, 6.07) is 5.66. The summed E-state index contributed by atoms with van der Waals surface area (Å²) in [4.78, 5) is 24.0. The zero-order chi connectivity index (χ0) is 14.9. The summed E-state index contributed by atoms with van der Waals surface area (Å²) >= 11 is 0. The van der Waals surface area contributed by atoms with Gasteiger partial charge in [-0.1, -0.05) is 20.8 Å². The quantitative estimate of drug-likeness (QED) is 0.595. The molecule has 4 heteroatoms. The van der Waals surface area contributed by atoms with Gasteiger partial charge in [0.15, 0.2) is 11.5 Å². The predicted molar refractivity (Wildman–Crippen MR) is 81.2 cm³/mol. The third kappa shape index (κ3) is 1.50. The molecule has 0 N–H and O–H groups in total. The molecule has 0 spiro atoms. The normalized spacial score (nSPS) is 14.4. The summed E-state index contributed by atoms with van der Waals surface area (Å²) in [5, 5.41) is 2.77. The second-order valence-electron chi connectivity index (χ2n) is 6.51. The van der Waals surface area contributed by atoms with Crippen LogP contribution in [0.2, 0.25) is 0 Å². The van der Waals surface area contributed by atoms with Crippen LogP contribution in [0.4, 0.5) is 0 Å². The number of fused-ring (bicyclic) bond motifs is 4. The lowest BCUT2D eigenvalue weighted by molar-refractivity contribution is 0.174. The van der Waals surface area contributed by atoms with Gasteiger partial charge in [0.2, 0.25) is 17.7 Å². The Morgan fingerprint density at radius 3 is 2.19 bits per heavy atom. The van der Waals surface area contributed by atoms with E-state index >= 15 is 0 Å². The third-order valence-electron chi connectivity index (χ3n) is 4.10. The first-order valence-corrected chi connectivity index (χ1v) is 6.88. The maximum atomic E-state index is 12.0. The van der Waals surface area contributed by atoms with Gasteiger partial charge in [0.25, 0.3) is 0 Å². The molecular formula is C17H14O4. The molecule has 0 saturated heterocycles. The first-order valence-electron chi connectivity index (χ1n) is 6.88. The number of benzene rings is 2. The molecule has 0 aliphatic carbocycles. The van der Waals surface area contributed by atoms with Crippen molar-refractivity contribution >= 4 is 21.5 Å². The molecule has 0 atom stereocenters. The Bertz CT molecular complexity index is 982. The average molecular weight is 282 g/mol. The first kappa shape index (κ1) is 12.4. The largest absolute Gasteiger partial charge is 0.454 e. The number of hydrogen-bond donors (Lipinski definition) is 0. The molecular weight excluding hydrogens is 268 g/mol. The van der Waals surface area contributed by atoms with Crippen molar-refractivity contribution in [3.05, 3.63) is 44.2 Å². The lowest BCUT2D eigenvalue weighted by Crippen LogP contribution is -2.33. The fourth-order valence-electron chi connectivity index (χ4n) is 3.02. The zero-order valence-electron chi connectivity index (χ0n) is 12.1. The van der Waals surface area contributed by atoms with E-state index in [9.17, 15) is 9.59 Å². The van der Waals surface area contributed by atoms with Gasteiger partial charge in [0.1, 0.15) is 0 Å². The van der Waals surface area contributed by atoms with Crippen molar-refractivity contribution in [3.8, 4) is 11.5 Å². The summed E-state index contributed by atoms with van der Waals surface area (Å²) in [5.41, 5.74) is -0.0757. The highest BCUT2D eigenvalue weighted by molar-refractivity contribution is 6.12. The molecule has 0 saturated carbocycles. The van der Waals surface area contributed by atoms with E-state index in [1.54, 1.807) is 6.07 Å². The topological polar surface area (TPSA) is 52.6 Å². The molecule has 4 rings (SSSR count). The summed E-state index contributed by atoms with van der Waals surface area (Å²) < 4.78 is 10.8. The second kappa shape index (κ2) is 3.64. The number of ether oxygens (including phenoxy) is 2. The highest BCUT2D eigenvalue weighted by Gasteiger charge is 2.27. The summed E-state index contributed by atoms with van der Waals surface area (Å²) in [7, 11) is 0. The maximum Gasteiger partial charge on any atom is 0.234 e. The van der Waals surface area contributed by atoms with Crippen LogP contribution in [0.15, 0.2) is 27.8 Å². The molecule has 1 heterocycles. The Balaban J connectivity index is 2.21. The Morgan fingerprint density at radius 1 is 0.905 bits per heavy atom. The van der Waals surface area contributed by atoms with Crippen molar-refractivity contribution in [2.24, 2.45) is 0 Å². The molecule has 0 amide bonds. The molecule has 0 fully saturated rings. The maximum absolute atomic E-state index is 12.0. The molecule has 0 radical (unpaired) electrons. The highest BCUT2D eigenvalue weighted by Crippen LogP contribution is 2.40. The minimum atomic E-state index is -0.403. The van der Waals surface area contributed by atoms with E-state index in [1.807, 2.05) is 32.9 Å². The van der Waals surface area contributed by atoms with Crippen molar-refractivity contribution < 1.29 is 9.47 Å². The van der Waals surface area contributed by atoms with E-state index in [4.69, 9.17) is 9.47 Å². The smallest absolute Gasteiger partial charge is 0.234 e. The molecule has 0 unspecified atom stereocenters. The predicted octanol–water partition coefficient (Wildman–Crippen LogP) is 2.62. The second-order valence-corrected chi connectivity index (χ2v) is 6.51. The molecule has 3 aromatic carbocycles. The molecule has 0 bridgehead atoms. The van der Waals surface area contributed by atoms with Gasteiger partial charge in [-0.25, -0.2) is 0 Å². The van der Waals surface area contributed by atoms with Crippen molar-refractivity contribution in [1.29, 1.82) is 0 Å². The minimum Gasteiger partial charge on any atom is -0.454 e. The van der Waals surface area contributed by atoms with Crippen LogP contribution in [0.25, 0.3) is 21.5 Å². The van der Waals surface area contributed by atoms with Gasteiger partial charge >= 0.3 is 0 Å². The lowest BCUT2D eigenvalue weighted by atomic mass is 9.80. The lowest BCUT2D eigenvalue weighted by Gasteiger charge is -2.23. The van der Waals surface area contributed by atoms with Gasteiger partial charge in [0, 0.05) is 10.8 Å². The fraction of sp³-hybridized carbons (Fsp3) is 0.294. The van der Waals surface area contributed by atoms with E-state index in [2.05, 4.69) is 0 Å². The van der Waals surface area contributed by atoms with Gasteiger partial charge < -0.3 is 9.47 Å². The Kier molecular flexibility index (Phi) is 2.15. The van der Waals surface area contributed by atoms with Crippen LogP contribution in [0.3, 0.4) is 0 Å². The van der Waals surface area contributed by atoms with Crippen molar-refractivity contribution in [3.63, 3.8) is 0 Å². The molecule has 1 aliphatic heterocycles. The SMILES string of the molecule is CC(C)(C)c1cc2cc3c(cc2c2c(=O)c(=O)c12)OCO3. The van der Waals surface area contributed by atoms with Gasteiger partial charge in [-0.3, -0.25) is 9.59 Å². The van der Waals surface area contributed by atoms with Crippen molar-refractivity contribution in [2.75, 3.05) is 6.79 Å². The van der Waals surface area contributed by atoms with Crippen LogP contribution in [-0.2, 0) is 5.41 Å². The highest BCUT2D eigenvalue weighted by atomic mass is 16.7. The summed E-state index contributed by atoms with van der Waals surface area (Å²) in [6.07, 6.45) is 0. The van der Waals surface area contributed by atoms with E-state index in [-0.39, 0.29) is 17.6 Å². The fourth-order valence-corrected chi connectivity index (χ4v) is 3.02. The Morgan fingerprint density at radius 2 is 1.52 bits per heavy atom. The van der Waals surface area contributed by atoms with Crippen LogP contribution in [-0.4, -0.2) is 6.79 Å². The van der Waals surface area contributed by atoms with Gasteiger partial charge in [-0.05, 0) is 39.9 Å².